The number of anilines is 1. The molecule has 0 saturated carbocycles. The van der Waals surface area contributed by atoms with Crippen LogP contribution in [0.1, 0.15) is 39.9 Å². The Hall–Kier alpha value is -2.62. The summed E-state index contributed by atoms with van der Waals surface area (Å²) >= 11 is 0. The monoisotopic (exact) mass is 350 g/mol. The van der Waals surface area contributed by atoms with E-state index in [-0.39, 0.29) is 17.7 Å². The molecular weight excluding hydrogens is 324 g/mol. The van der Waals surface area contributed by atoms with Gasteiger partial charge in [0.1, 0.15) is 0 Å². The Kier molecular flexibility index (Phi) is 5.40. The Morgan fingerprint density at radius 1 is 1.04 bits per heavy atom. The van der Waals surface area contributed by atoms with Crippen LogP contribution in [0.4, 0.5) is 5.69 Å². The minimum atomic E-state index is -0.167. The van der Waals surface area contributed by atoms with Crippen molar-refractivity contribution >= 4 is 17.5 Å². The minimum absolute atomic E-state index is 0.00463. The SMILES string of the molecule is Cc1cccc(C(=O)N2CCC[C@H](C(=O)Nc3ccc(C)c(C)c3)C2)c1. The lowest BCUT2D eigenvalue weighted by Crippen LogP contribution is -2.43. The number of likely N-dealkylation sites (tertiary alicyclic amines) is 1. The van der Waals surface area contributed by atoms with E-state index in [9.17, 15) is 9.59 Å². The lowest BCUT2D eigenvalue weighted by atomic mass is 9.96. The van der Waals surface area contributed by atoms with E-state index < -0.39 is 0 Å². The summed E-state index contributed by atoms with van der Waals surface area (Å²) in [5.74, 6) is -0.161. The number of nitrogens with one attached hydrogen (secondary N) is 1. The quantitative estimate of drug-likeness (QED) is 0.906. The maximum Gasteiger partial charge on any atom is 0.253 e. The molecule has 0 unspecified atom stereocenters. The van der Waals surface area contributed by atoms with Crippen molar-refractivity contribution in [3.05, 3.63) is 64.7 Å². The van der Waals surface area contributed by atoms with Gasteiger partial charge >= 0.3 is 0 Å². The fraction of sp³-hybridized carbons (Fsp3) is 0.364. The van der Waals surface area contributed by atoms with Gasteiger partial charge in [0.05, 0.1) is 5.92 Å². The molecular formula is C22H26N2O2. The van der Waals surface area contributed by atoms with Crippen LogP contribution in [0.2, 0.25) is 0 Å². The molecule has 3 rings (SSSR count). The maximum atomic E-state index is 12.8. The number of carbonyl (C=O) groups excluding carboxylic acids is 2. The highest BCUT2D eigenvalue weighted by Crippen LogP contribution is 2.22. The lowest BCUT2D eigenvalue weighted by molar-refractivity contribution is -0.121. The molecule has 1 saturated heterocycles. The van der Waals surface area contributed by atoms with Crippen molar-refractivity contribution in [2.45, 2.75) is 33.6 Å². The minimum Gasteiger partial charge on any atom is -0.338 e. The van der Waals surface area contributed by atoms with Gasteiger partial charge in [0, 0.05) is 24.3 Å². The van der Waals surface area contributed by atoms with Gasteiger partial charge in [-0.2, -0.15) is 0 Å². The summed E-state index contributed by atoms with van der Waals surface area (Å²) in [6.07, 6.45) is 1.66. The highest BCUT2D eigenvalue weighted by Gasteiger charge is 2.29. The third-order valence-electron chi connectivity index (χ3n) is 5.12. The summed E-state index contributed by atoms with van der Waals surface area (Å²) in [6.45, 7) is 7.25. The summed E-state index contributed by atoms with van der Waals surface area (Å²) < 4.78 is 0. The van der Waals surface area contributed by atoms with Crippen molar-refractivity contribution in [3.8, 4) is 0 Å². The number of hydrogen-bond acceptors (Lipinski definition) is 2. The number of benzene rings is 2. The molecule has 0 aliphatic carbocycles. The lowest BCUT2D eigenvalue weighted by Gasteiger charge is -2.32. The molecule has 136 valence electrons. The largest absolute Gasteiger partial charge is 0.338 e. The molecule has 4 heteroatoms. The van der Waals surface area contributed by atoms with E-state index in [1.807, 2.05) is 61.2 Å². The zero-order chi connectivity index (χ0) is 18.7. The molecule has 0 bridgehead atoms. The molecule has 1 fully saturated rings. The maximum absolute atomic E-state index is 12.8. The summed E-state index contributed by atoms with van der Waals surface area (Å²) in [4.78, 5) is 27.2. The van der Waals surface area contributed by atoms with Gasteiger partial charge in [-0.05, 0) is 69.0 Å². The molecule has 1 aliphatic heterocycles. The Bertz CT molecular complexity index is 829. The number of rotatable bonds is 3. The summed E-state index contributed by atoms with van der Waals surface area (Å²) in [5, 5.41) is 3.01. The molecule has 4 nitrogen and oxygen atoms in total. The van der Waals surface area contributed by atoms with Gasteiger partial charge in [0.25, 0.3) is 5.91 Å². The third kappa shape index (κ3) is 4.13. The normalized spacial score (nSPS) is 17.0. The molecule has 1 N–H and O–H groups in total. The van der Waals surface area contributed by atoms with Crippen LogP contribution in [0.25, 0.3) is 0 Å². The van der Waals surface area contributed by atoms with Gasteiger partial charge in [-0.15, -0.1) is 0 Å². The van der Waals surface area contributed by atoms with Crippen LogP contribution in [0.3, 0.4) is 0 Å². The molecule has 0 spiro atoms. The van der Waals surface area contributed by atoms with Gasteiger partial charge in [0.2, 0.25) is 5.91 Å². The fourth-order valence-corrected chi connectivity index (χ4v) is 3.40. The number of aryl methyl sites for hydroxylation is 3. The molecule has 1 aliphatic rings. The highest BCUT2D eigenvalue weighted by molar-refractivity contribution is 5.96. The number of amides is 2. The first kappa shape index (κ1) is 18.2. The summed E-state index contributed by atoms with van der Waals surface area (Å²) in [5.41, 5.74) is 4.94. The topological polar surface area (TPSA) is 49.4 Å². The van der Waals surface area contributed by atoms with Crippen LogP contribution >= 0.6 is 0 Å². The van der Waals surface area contributed by atoms with Crippen molar-refractivity contribution in [1.29, 1.82) is 0 Å². The second-order valence-electron chi connectivity index (χ2n) is 7.25. The van der Waals surface area contributed by atoms with Crippen LogP contribution in [0.5, 0.6) is 0 Å². The Morgan fingerprint density at radius 3 is 2.58 bits per heavy atom. The van der Waals surface area contributed by atoms with Crippen molar-refractivity contribution in [3.63, 3.8) is 0 Å². The Morgan fingerprint density at radius 2 is 1.85 bits per heavy atom. The second kappa shape index (κ2) is 7.73. The molecule has 2 aromatic rings. The van der Waals surface area contributed by atoms with Gasteiger partial charge in [-0.25, -0.2) is 0 Å². The predicted octanol–water partition coefficient (Wildman–Crippen LogP) is 4.10. The van der Waals surface area contributed by atoms with E-state index in [4.69, 9.17) is 0 Å². The Balaban J connectivity index is 1.66. The van der Waals surface area contributed by atoms with Crippen LogP contribution in [0, 0.1) is 26.7 Å². The summed E-state index contributed by atoms with van der Waals surface area (Å²) in [6, 6.07) is 13.6. The van der Waals surface area contributed by atoms with Crippen molar-refractivity contribution < 1.29 is 9.59 Å². The molecule has 1 heterocycles. The average Bonchev–Trinajstić information content (AvgIpc) is 2.64. The zero-order valence-corrected chi connectivity index (χ0v) is 15.7. The van der Waals surface area contributed by atoms with Gasteiger partial charge in [-0.3, -0.25) is 9.59 Å². The van der Waals surface area contributed by atoms with E-state index in [0.717, 1.165) is 29.7 Å². The fourth-order valence-electron chi connectivity index (χ4n) is 3.40. The van der Waals surface area contributed by atoms with Crippen molar-refractivity contribution in [2.24, 2.45) is 5.92 Å². The Labute approximate surface area is 155 Å². The molecule has 26 heavy (non-hydrogen) atoms. The predicted molar refractivity (Wildman–Crippen MR) is 104 cm³/mol. The standard InChI is InChI=1S/C22H26N2O2/c1-15-6-4-7-18(12-15)22(26)24-11-5-8-19(14-24)21(25)23-20-10-9-16(2)17(3)13-20/h4,6-7,9-10,12-13,19H,5,8,11,14H2,1-3H3,(H,23,25)/t19-/m0/s1. The molecule has 2 aromatic carbocycles. The third-order valence-corrected chi connectivity index (χ3v) is 5.12. The number of nitrogens with zero attached hydrogens (tertiary/aromatic N) is 1. The number of piperidine rings is 1. The van der Waals surface area contributed by atoms with Crippen LogP contribution in [-0.2, 0) is 4.79 Å². The van der Waals surface area contributed by atoms with Gasteiger partial charge < -0.3 is 10.2 Å². The van der Waals surface area contributed by atoms with Crippen molar-refractivity contribution in [2.75, 3.05) is 18.4 Å². The number of carbonyl (C=O) groups is 2. The zero-order valence-electron chi connectivity index (χ0n) is 15.7. The second-order valence-corrected chi connectivity index (χ2v) is 7.25. The van der Waals surface area contributed by atoms with E-state index in [2.05, 4.69) is 12.2 Å². The molecule has 0 aromatic heterocycles. The molecule has 1 atom stereocenters. The van der Waals surface area contributed by atoms with Crippen LogP contribution < -0.4 is 5.32 Å². The van der Waals surface area contributed by atoms with E-state index in [1.54, 1.807) is 0 Å². The van der Waals surface area contributed by atoms with E-state index in [0.29, 0.717) is 18.7 Å². The average molecular weight is 350 g/mol. The number of hydrogen-bond donors (Lipinski definition) is 1. The van der Waals surface area contributed by atoms with Crippen LogP contribution in [0.15, 0.2) is 42.5 Å². The first-order valence-corrected chi connectivity index (χ1v) is 9.18. The first-order chi connectivity index (χ1) is 12.4. The van der Waals surface area contributed by atoms with Gasteiger partial charge in [0.15, 0.2) is 0 Å². The molecule has 2 amide bonds. The van der Waals surface area contributed by atoms with Crippen molar-refractivity contribution in [1.82, 2.24) is 4.90 Å². The van der Waals surface area contributed by atoms with E-state index >= 15 is 0 Å². The van der Waals surface area contributed by atoms with Crippen LogP contribution in [-0.4, -0.2) is 29.8 Å². The van der Waals surface area contributed by atoms with E-state index in [1.165, 1.54) is 5.56 Å². The molecule has 0 radical (unpaired) electrons. The highest BCUT2D eigenvalue weighted by atomic mass is 16.2. The smallest absolute Gasteiger partial charge is 0.253 e. The summed E-state index contributed by atoms with van der Waals surface area (Å²) in [7, 11) is 0. The van der Waals surface area contributed by atoms with Gasteiger partial charge in [-0.1, -0.05) is 23.8 Å². The first-order valence-electron chi connectivity index (χ1n) is 9.18.